The summed E-state index contributed by atoms with van der Waals surface area (Å²) in [6.45, 7) is 0. The molecule has 0 unspecified atom stereocenters. The zero-order valence-electron chi connectivity index (χ0n) is 6.90. The molecule has 5 nitrogen and oxygen atoms in total. The predicted molar refractivity (Wildman–Crippen MR) is 51.3 cm³/mol. The van der Waals surface area contributed by atoms with Crippen LogP contribution in [0.5, 0.6) is 0 Å². The third-order valence-electron chi connectivity index (χ3n) is 1.52. The van der Waals surface area contributed by atoms with Gasteiger partial charge in [0.05, 0.1) is 10.5 Å². The second kappa shape index (κ2) is 3.56. The monoisotopic (exact) mass is 234 g/mol. The Morgan fingerprint density at radius 1 is 1.36 bits per heavy atom. The van der Waals surface area contributed by atoms with E-state index in [0.29, 0.717) is 0 Å². The number of amides is 1. The van der Waals surface area contributed by atoms with Crippen molar-refractivity contribution >= 4 is 27.5 Å². The SMILES string of the molecule is NC(=O)c1ccc(Cl)cc1S(N)(=O)=O. The van der Waals surface area contributed by atoms with Gasteiger partial charge in [0.15, 0.2) is 0 Å². The van der Waals surface area contributed by atoms with Gasteiger partial charge in [0, 0.05) is 5.02 Å². The van der Waals surface area contributed by atoms with Crippen LogP contribution in [-0.2, 0) is 10.0 Å². The summed E-state index contributed by atoms with van der Waals surface area (Å²) < 4.78 is 22.0. The Kier molecular flexibility index (Phi) is 2.79. The van der Waals surface area contributed by atoms with E-state index < -0.39 is 15.9 Å². The molecule has 0 radical (unpaired) electrons. The molecule has 1 rings (SSSR count). The van der Waals surface area contributed by atoms with Gasteiger partial charge in [0.1, 0.15) is 0 Å². The van der Waals surface area contributed by atoms with Crippen LogP contribution in [-0.4, -0.2) is 14.3 Å². The molecule has 0 atom stereocenters. The molecular formula is C7H7ClN2O3S. The van der Waals surface area contributed by atoms with Crippen LogP contribution in [0.1, 0.15) is 10.4 Å². The molecule has 4 N–H and O–H groups in total. The van der Waals surface area contributed by atoms with E-state index in [9.17, 15) is 13.2 Å². The topological polar surface area (TPSA) is 103 Å². The molecule has 7 heteroatoms. The fourth-order valence-electron chi connectivity index (χ4n) is 0.935. The first-order valence-corrected chi connectivity index (χ1v) is 5.37. The molecule has 0 heterocycles. The number of carbonyl (C=O) groups is 1. The smallest absolute Gasteiger partial charge is 0.250 e. The van der Waals surface area contributed by atoms with Crippen LogP contribution < -0.4 is 10.9 Å². The van der Waals surface area contributed by atoms with Gasteiger partial charge in [-0.3, -0.25) is 4.79 Å². The van der Waals surface area contributed by atoms with Gasteiger partial charge in [-0.2, -0.15) is 0 Å². The Morgan fingerprint density at radius 2 is 1.93 bits per heavy atom. The van der Waals surface area contributed by atoms with Gasteiger partial charge in [0.25, 0.3) is 0 Å². The summed E-state index contributed by atoms with van der Waals surface area (Å²) in [6, 6.07) is 3.65. The summed E-state index contributed by atoms with van der Waals surface area (Å²) in [6.07, 6.45) is 0. The number of rotatable bonds is 2. The molecule has 0 aliphatic rings. The third-order valence-corrected chi connectivity index (χ3v) is 2.70. The van der Waals surface area contributed by atoms with E-state index in [4.69, 9.17) is 22.5 Å². The highest BCUT2D eigenvalue weighted by atomic mass is 35.5. The van der Waals surface area contributed by atoms with Crippen LogP contribution in [0.3, 0.4) is 0 Å². The van der Waals surface area contributed by atoms with Crippen molar-refractivity contribution in [3.63, 3.8) is 0 Å². The van der Waals surface area contributed by atoms with Crippen molar-refractivity contribution < 1.29 is 13.2 Å². The van der Waals surface area contributed by atoms with E-state index in [1.165, 1.54) is 12.1 Å². The minimum absolute atomic E-state index is 0.166. The molecule has 0 aliphatic heterocycles. The third kappa shape index (κ3) is 2.22. The standard InChI is InChI=1S/C7H7ClN2O3S/c8-4-1-2-5(7(9)11)6(3-4)14(10,12)13/h1-3H,(H2,9,11)(H2,10,12,13). The number of halogens is 1. The zero-order chi connectivity index (χ0) is 10.9. The van der Waals surface area contributed by atoms with Crippen molar-refractivity contribution in [2.45, 2.75) is 4.90 Å². The van der Waals surface area contributed by atoms with E-state index in [0.717, 1.165) is 6.07 Å². The fraction of sp³-hybridized carbons (Fsp3) is 0. The number of sulfonamides is 1. The summed E-state index contributed by atoms with van der Waals surface area (Å²) in [5, 5.41) is 5.04. The lowest BCUT2D eigenvalue weighted by atomic mass is 10.2. The molecule has 0 aromatic heterocycles. The lowest BCUT2D eigenvalue weighted by Gasteiger charge is -2.04. The van der Waals surface area contributed by atoms with Gasteiger partial charge in [-0.1, -0.05) is 11.6 Å². The Hall–Kier alpha value is -1.11. The summed E-state index contributed by atoms with van der Waals surface area (Å²) in [5.41, 5.74) is 4.79. The molecule has 0 saturated carbocycles. The summed E-state index contributed by atoms with van der Waals surface area (Å²) >= 11 is 5.56. The number of hydrogen-bond acceptors (Lipinski definition) is 3. The summed E-state index contributed by atoms with van der Waals surface area (Å²) in [5.74, 6) is -0.870. The number of benzene rings is 1. The second-order valence-corrected chi connectivity index (χ2v) is 4.52. The highest BCUT2D eigenvalue weighted by molar-refractivity contribution is 7.89. The molecule has 0 fully saturated rings. The molecule has 0 spiro atoms. The molecule has 14 heavy (non-hydrogen) atoms. The molecule has 76 valence electrons. The van der Waals surface area contributed by atoms with Crippen LogP contribution >= 0.6 is 11.6 Å². The number of hydrogen-bond donors (Lipinski definition) is 2. The van der Waals surface area contributed by atoms with Gasteiger partial charge in [-0.05, 0) is 18.2 Å². The lowest BCUT2D eigenvalue weighted by Crippen LogP contribution is -2.20. The van der Waals surface area contributed by atoms with Gasteiger partial charge >= 0.3 is 0 Å². The first-order valence-electron chi connectivity index (χ1n) is 3.44. The van der Waals surface area contributed by atoms with E-state index in [2.05, 4.69) is 0 Å². The van der Waals surface area contributed by atoms with Crippen LogP contribution in [0.15, 0.2) is 23.1 Å². The maximum atomic E-state index is 11.0. The average Bonchev–Trinajstić information content (AvgIpc) is 2.01. The average molecular weight is 235 g/mol. The van der Waals surface area contributed by atoms with Crippen molar-refractivity contribution in [2.24, 2.45) is 10.9 Å². The van der Waals surface area contributed by atoms with Crippen molar-refractivity contribution in [3.8, 4) is 0 Å². The van der Waals surface area contributed by atoms with Gasteiger partial charge in [-0.25, -0.2) is 13.6 Å². The zero-order valence-corrected chi connectivity index (χ0v) is 8.47. The highest BCUT2D eigenvalue weighted by Gasteiger charge is 2.17. The Bertz CT molecular complexity index is 484. The van der Waals surface area contributed by atoms with Crippen LogP contribution in [0.25, 0.3) is 0 Å². The first kappa shape index (κ1) is 11.0. The maximum absolute atomic E-state index is 11.0. The maximum Gasteiger partial charge on any atom is 0.250 e. The number of carbonyl (C=O) groups excluding carboxylic acids is 1. The van der Waals surface area contributed by atoms with E-state index in [-0.39, 0.29) is 15.5 Å². The van der Waals surface area contributed by atoms with Crippen LogP contribution in [0, 0.1) is 0 Å². The van der Waals surface area contributed by atoms with Crippen LogP contribution in [0.4, 0.5) is 0 Å². The summed E-state index contributed by atoms with van der Waals surface area (Å²) in [7, 11) is -3.99. The van der Waals surface area contributed by atoms with Crippen LogP contribution in [0.2, 0.25) is 5.02 Å². The lowest BCUT2D eigenvalue weighted by molar-refractivity contribution is 0.0997. The molecule has 0 aliphatic carbocycles. The van der Waals surface area contributed by atoms with Gasteiger partial charge in [-0.15, -0.1) is 0 Å². The van der Waals surface area contributed by atoms with Gasteiger partial charge < -0.3 is 5.73 Å². The predicted octanol–water partition coefficient (Wildman–Crippen LogP) is 0.0863. The first-order chi connectivity index (χ1) is 6.32. The van der Waals surface area contributed by atoms with Gasteiger partial charge in [0.2, 0.25) is 15.9 Å². The largest absolute Gasteiger partial charge is 0.366 e. The van der Waals surface area contributed by atoms with Crippen molar-refractivity contribution in [2.75, 3.05) is 0 Å². The molecular weight excluding hydrogens is 228 g/mol. The highest BCUT2D eigenvalue weighted by Crippen LogP contribution is 2.19. The molecule has 0 saturated heterocycles. The quantitative estimate of drug-likeness (QED) is 0.758. The Morgan fingerprint density at radius 3 is 2.36 bits per heavy atom. The minimum Gasteiger partial charge on any atom is -0.366 e. The number of nitrogens with two attached hydrogens (primary N) is 2. The normalized spacial score (nSPS) is 11.3. The number of primary sulfonamides is 1. The molecule has 1 aromatic carbocycles. The molecule has 1 aromatic rings. The van der Waals surface area contributed by atoms with E-state index >= 15 is 0 Å². The minimum atomic E-state index is -3.99. The van der Waals surface area contributed by atoms with E-state index in [1.807, 2.05) is 0 Å². The number of primary amides is 1. The Balaban J connectivity index is 3.54. The van der Waals surface area contributed by atoms with Crippen molar-refractivity contribution in [1.29, 1.82) is 0 Å². The van der Waals surface area contributed by atoms with Crippen molar-refractivity contribution in [1.82, 2.24) is 0 Å². The Labute approximate surface area is 85.7 Å². The summed E-state index contributed by atoms with van der Waals surface area (Å²) in [4.78, 5) is 10.5. The van der Waals surface area contributed by atoms with Crippen molar-refractivity contribution in [3.05, 3.63) is 28.8 Å². The fourth-order valence-corrected chi connectivity index (χ4v) is 1.94. The molecule has 0 bridgehead atoms. The van der Waals surface area contributed by atoms with E-state index in [1.54, 1.807) is 0 Å². The second-order valence-electron chi connectivity index (χ2n) is 2.55. The molecule has 1 amide bonds.